The molecule has 1 fully saturated rings. The molecule has 182 valence electrons. The van der Waals surface area contributed by atoms with Crippen molar-refractivity contribution in [3.05, 3.63) is 106 Å². The number of hydrogen-bond donors (Lipinski definition) is 0. The predicted molar refractivity (Wildman–Crippen MR) is 147 cm³/mol. The molecule has 0 radical (unpaired) electrons. The minimum absolute atomic E-state index is 0.182. The Bertz CT molecular complexity index is 1120. The van der Waals surface area contributed by atoms with E-state index in [4.69, 9.17) is 4.74 Å². The Morgan fingerprint density at radius 1 is 0.714 bits per heavy atom. The van der Waals surface area contributed by atoms with Crippen molar-refractivity contribution in [1.82, 2.24) is 4.90 Å². The Hall–Kier alpha value is -2.84. The van der Waals surface area contributed by atoms with Crippen LogP contribution in [-0.4, -0.2) is 31.1 Å². The zero-order valence-electron chi connectivity index (χ0n) is 21.6. The van der Waals surface area contributed by atoms with E-state index in [0.717, 1.165) is 64.1 Å². The van der Waals surface area contributed by atoms with Gasteiger partial charge in [0.05, 0.1) is 6.61 Å². The van der Waals surface area contributed by atoms with Crippen LogP contribution in [0, 0.1) is 0 Å². The number of ether oxygens (including phenoxy) is 1. The lowest BCUT2D eigenvalue weighted by Gasteiger charge is -2.30. The Kier molecular flexibility index (Phi) is 7.11. The first-order chi connectivity index (χ1) is 17.0. The van der Waals surface area contributed by atoms with Gasteiger partial charge in [-0.25, -0.2) is 0 Å². The number of benzene rings is 3. The van der Waals surface area contributed by atoms with Crippen molar-refractivity contribution in [3.8, 4) is 5.75 Å². The average Bonchev–Trinajstić information content (AvgIpc) is 3.04. The van der Waals surface area contributed by atoms with Gasteiger partial charge < -0.3 is 9.64 Å². The van der Waals surface area contributed by atoms with E-state index in [2.05, 4.69) is 98.5 Å². The molecule has 0 saturated carbocycles. The zero-order chi connectivity index (χ0) is 24.3. The molecule has 1 aliphatic heterocycles. The van der Waals surface area contributed by atoms with E-state index >= 15 is 0 Å². The number of piperidine rings is 1. The van der Waals surface area contributed by atoms with Crippen LogP contribution >= 0.6 is 0 Å². The molecule has 1 heterocycles. The molecule has 0 unspecified atom stereocenters. The van der Waals surface area contributed by atoms with Crippen molar-refractivity contribution in [2.45, 2.75) is 58.3 Å². The van der Waals surface area contributed by atoms with Crippen LogP contribution in [0.3, 0.4) is 0 Å². The summed E-state index contributed by atoms with van der Waals surface area (Å²) in [5, 5.41) is 0. The SMILES string of the molecule is CC(C)(C)c1ccc(OCCCN2CCC(=C3c4ccccc4CCc4ccccc43)CC2)cc1. The van der Waals surface area contributed by atoms with Gasteiger partial charge >= 0.3 is 0 Å². The third kappa shape index (κ3) is 5.54. The van der Waals surface area contributed by atoms with Crippen molar-refractivity contribution < 1.29 is 4.74 Å². The molecule has 3 aromatic carbocycles. The zero-order valence-corrected chi connectivity index (χ0v) is 21.6. The molecule has 0 N–H and O–H groups in total. The predicted octanol–water partition coefficient (Wildman–Crippen LogP) is 7.45. The minimum atomic E-state index is 0.182. The maximum Gasteiger partial charge on any atom is 0.119 e. The van der Waals surface area contributed by atoms with Crippen LogP contribution in [0.25, 0.3) is 5.57 Å². The standard InChI is InChI=1S/C33H39NO/c1-33(2,3)28-15-17-29(18-16-28)35-24-8-21-34-22-19-27(20-23-34)32-30-11-6-4-9-25(30)13-14-26-10-5-7-12-31(26)32/h4-7,9-12,15-18H,8,13-14,19-24H2,1-3H3. The van der Waals surface area contributed by atoms with Crippen molar-refractivity contribution in [3.63, 3.8) is 0 Å². The molecule has 0 bridgehead atoms. The van der Waals surface area contributed by atoms with Crippen molar-refractivity contribution in [2.75, 3.05) is 26.2 Å². The number of aryl methyl sites for hydroxylation is 2. The first-order valence-electron chi connectivity index (χ1n) is 13.3. The summed E-state index contributed by atoms with van der Waals surface area (Å²) in [6.07, 6.45) is 5.66. The van der Waals surface area contributed by atoms with Crippen molar-refractivity contribution >= 4 is 5.57 Å². The molecule has 0 amide bonds. The summed E-state index contributed by atoms with van der Waals surface area (Å²) in [5.74, 6) is 0.981. The van der Waals surface area contributed by atoms with Gasteiger partial charge in [0, 0.05) is 19.6 Å². The monoisotopic (exact) mass is 465 g/mol. The van der Waals surface area contributed by atoms with Gasteiger partial charge in [0.1, 0.15) is 5.75 Å². The smallest absolute Gasteiger partial charge is 0.119 e. The largest absolute Gasteiger partial charge is 0.494 e. The van der Waals surface area contributed by atoms with Crippen LogP contribution in [0.15, 0.2) is 78.4 Å². The molecule has 3 aromatic rings. The van der Waals surface area contributed by atoms with E-state index in [1.54, 1.807) is 5.57 Å². The van der Waals surface area contributed by atoms with E-state index in [1.807, 2.05) is 0 Å². The molecule has 0 atom stereocenters. The molecule has 1 aliphatic carbocycles. The fraction of sp³-hybridized carbons (Fsp3) is 0.394. The van der Waals surface area contributed by atoms with Gasteiger partial charge in [-0.05, 0) is 83.0 Å². The van der Waals surface area contributed by atoms with E-state index in [1.165, 1.54) is 33.4 Å². The van der Waals surface area contributed by atoms with Crippen LogP contribution in [0.5, 0.6) is 5.75 Å². The lowest BCUT2D eigenvalue weighted by molar-refractivity contribution is 0.223. The maximum absolute atomic E-state index is 6.04. The molecule has 2 nitrogen and oxygen atoms in total. The maximum atomic E-state index is 6.04. The molecule has 5 rings (SSSR count). The Morgan fingerprint density at radius 3 is 1.86 bits per heavy atom. The Balaban J connectivity index is 1.20. The lowest BCUT2D eigenvalue weighted by atomic mass is 9.86. The molecule has 1 saturated heterocycles. The van der Waals surface area contributed by atoms with Crippen LogP contribution in [0.2, 0.25) is 0 Å². The minimum Gasteiger partial charge on any atom is -0.494 e. The topological polar surface area (TPSA) is 12.5 Å². The number of likely N-dealkylation sites (tertiary alicyclic amines) is 1. The molecular formula is C33H39NO. The molecule has 35 heavy (non-hydrogen) atoms. The highest BCUT2D eigenvalue weighted by molar-refractivity contribution is 5.86. The van der Waals surface area contributed by atoms with Gasteiger partial charge in [-0.15, -0.1) is 0 Å². The normalized spacial score (nSPS) is 16.4. The summed E-state index contributed by atoms with van der Waals surface area (Å²) in [5.41, 5.74) is 10.6. The van der Waals surface area contributed by atoms with E-state index in [-0.39, 0.29) is 5.41 Å². The van der Waals surface area contributed by atoms with Gasteiger partial charge in [-0.2, -0.15) is 0 Å². The summed E-state index contributed by atoms with van der Waals surface area (Å²) < 4.78 is 6.04. The number of hydrogen-bond acceptors (Lipinski definition) is 2. The molecule has 0 aromatic heterocycles. The van der Waals surface area contributed by atoms with E-state index in [9.17, 15) is 0 Å². The summed E-state index contributed by atoms with van der Waals surface area (Å²) in [6.45, 7) is 10.9. The highest BCUT2D eigenvalue weighted by atomic mass is 16.5. The molecule has 0 spiro atoms. The summed E-state index contributed by atoms with van der Waals surface area (Å²) >= 11 is 0. The first kappa shape index (κ1) is 23.9. The number of fused-ring (bicyclic) bond motifs is 2. The third-order valence-corrected chi connectivity index (χ3v) is 7.66. The summed E-state index contributed by atoms with van der Waals surface area (Å²) in [4.78, 5) is 2.62. The van der Waals surface area contributed by atoms with Gasteiger partial charge in [-0.3, -0.25) is 0 Å². The van der Waals surface area contributed by atoms with Crippen LogP contribution in [0.1, 0.15) is 67.9 Å². The van der Waals surface area contributed by atoms with Crippen molar-refractivity contribution in [1.29, 1.82) is 0 Å². The van der Waals surface area contributed by atoms with Gasteiger partial charge in [0.25, 0.3) is 0 Å². The third-order valence-electron chi connectivity index (χ3n) is 7.66. The Morgan fingerprint density at radius 2 is 1.29 bits per heavy atom. The van der Waals surface area contributed by atoms with Crippen molar-refractivity contribution in [2.24, 2.45) is 0 Å². The number of nitrogens with zero attached hydrogens (tertiary/aromatic N) is 1. The van der Waals surface area contributed by atoms with E-state index in [0.29, 0.717) is 0 Å². The molecule has 2 heteroatoms. The van der Waals surface area contributed by atoms with Gasteiger partial charge in [-0.1, -0.05) is 87.0 Å². The van der Waals surface area contributed by atoms with E-state index < -0.39 is 0 Å². The first-order valence-corrected chi connectivity index (χ1v) is 13.3. The molecule has 2 aliphatic rings. The van der Waals surface area contributed by atoms with Crippen LogP contribution in [-0.2, 0) is 18.3 Å². The fourth-order valence-electron chi connectivity index (χ4n) is 5.59. The highest BCUT2D eigenvalue weighted by Crippen LogP contribution is 2.38. The summed E-state index contributed by atoms with van der Waals surface area (Å²) in [7, 11) is 0. The second kappa shape index (κ2) is 10.4. The van der Waals surface area contributed by atoms with Gasteiger partial charge in [0.2, 0.25) is 0 Å². The van der Waals surface area contributed by atoms with Gasteiger partial charge in [0.15, 0.2) is 0 Å². The quantitative estimate of drug-likeness (QED) is 0.363. The lowest BCUT2D eigenvalue weighted by Crippen LogP contribution is -2.32. The Labute approximate surface area is 211 Å². The second-order valence-corrected chi connectivity index (χ2v) is 11.1. The molecular weight excluding hydrogens is 426 g/mol. The van der Waals surface area contributed by atoms with Crippen LogP contribution < -0.4 is 4.74 Å². The fourth-order valence-corrected chi connectivity index (χ4v) is 5.59. The van der Waals surface area contributed by atoms with Crippen LogP contribution in [0.4, 0.5) is 0 Å². The second-order valence-electron chi connectivity index (χ2n) is 11.1. The highest BCUT2D eigenvalue weighted by Gasteiger charge is 2.23. The average molecular weight is 466 g/mol. The summed E-state index contributed by atoms with van der Waals surface area (Å²) in [6, 6.07) is 26.8. The number of rotatable bonds is 5.